The Morgan fingerprint density at radius 1 is 0.814 bits per heavy atom. The minimum Gasteiger partial charge on any atom is -0.505 e. The predicted octanol–water partition coefficient (Wildman–Crippen LogP) is 4.58. The Balaban J connectivity index is 2.05. The normalized spacial score (nSPS) is 13.1. The third kappa shape index (κ3) is 6.28. The molecule has 0 aliphatic rings. The first kappa shape index (κ1) is 32.1. The van der Waals surface area contributed by atoms with Crippen molar-refractivity contribution in [2.75, 3.05) is 12.8 Å². The maximum Gasteiger partial charge on any atom is 0.297 e. The topological polar surface area (TPSA) is 297 Å². The fourth-order valence-corrected chi connectivity index (χ4v) is 6.79. The number of nitrogens with zero attached hydrogens (tertiary/aromatic N) is 4. The summed E-state index contributed by atoms with van der Waals surface area (Å²) >= 11 is 0.219. The molecule has 0 fully saturated rings. The van der Waals surface area contributed by atoms with Crippen LogP contribution >= 0.6 is 12.0 Å². The van der Waals surface area contributed by atoms with Gasteiger partial charge in [0.05, 0.1) is 28.0 Å². The SMILES string of the molecule is CN=Nc1c(S(=O)(=O)O)cc2cc(SOOO)c(N=Nc3ccc4c(S(=O)(=O)O)cccc4c3S(=O)(=O)O)c(O)c2c1N. The Morgan fingerprint density at radius 3 is 2.07 bits per heavy atom. The minimum atomic E-state index is -5.13. The summed E-state index contributed by atoms with van der Waals surface area (Å²) in [6, 6.07) is 7.27. The molecule has 228 valence electrons. The summed E-state index contributed by atoms with van der Waals surface area (Å²) in [5.74, 6) is -0.805. The van der Waals surface area contributed by atoms with Crippen molar-refractivity contribution in [3.05, 3.63) is 42.5 Å². The van der Waals surface area contributed by atoms with Crippen molar-refractivity contribution >= 4 is 86.7 Å². The first-order valence-electron chi connectivity index (χ1n) is 11.0. The molecule has 0 amide bonds. The molecule has 0 aliphatic heterocycles. The molecule has 4 aromatic rings. The van der Waals surface area contributed by atoms with E-state index in [0.717, 1.165) is 42.5 Å². The lowest BCUT2D eigenvalue weighted by molar-refractivity contribution is -0.432. The van der Waals surface area contributed by atoms with E-state index < -0.39 is 73.5 Å². The van der Waals surface area contributed by atoms with E-state index >= 15 is 0 Å². The van der Waals surface area contributed by atoms with Gasteiger partial charge in [-0.15, -0.1) is 14.6 Å². The van der Waals surface area contributed by atoms with Crippen molar-refractivity contribution in [1.82, 2.24) is 0 Å². The molecule has 0 saturated carbocycles. The fourth-order valence-electron chi connectivity index (χ4n) is 4.09. The van der Waals surface area contributed by atoms with Crippen LogP contribution < -0.4 is 5.73 Å². The summed E-state index contributed by atoms with van der Waals surface area (Å²) in [4.78, 5) is -2.58. The van der Waals surface area contributed by atoms with Crippen LogP contribution in [-0.2, 0) is 39.7 Å². The van der Waals surface area contributed by atoms with E-state index in [-0.39, 0.29) is 38.5 Å². The Kier molecular flexibility index (Phi) is 8.72. The van der Waals surface area contributed by atoms with Crippen LogP contribution in [0.2, 0.25) is 0 Å². The van der Waals surface area contributed by atoms with Gasteiger partial charge in [0, 0.05) is 17.8 Å². The highest BCUT2D eigenvalue weighted by Gasteiger charge is 2.27. The molecule has 0 aliphatic carbocycles. The molecule has 0 bridgehead atoms. The van der Waals surface area contributed by atoms with Gasteiger partial charge in [0.2, 0.25) is 0 Å². The van der Waals surface area contributed by atoms with E-state index in [2.05, 4.69) is 29.8 Å². The average molecular weight is 676 g/mol. The molecule has 4 rings (SSSR count). The number of fused-ring (bicyclic) bond motifs is 2. The summed E-state index contributed by atoms with van der Waals surface area (Å²) in [5, 5.41) is 37.0. The number of anilines is 1. The first-order chi connectivity index (χ1) is 20.0. The lowest BCUT2D eigenvalue weighted by atomic mass is 10.1. The van der Waals surface area contributed by atoms with Gasteiger partial charge in [-0.3, -0.25) is 13.7 Å². The fraction of sp³-hybridized carbons (Fsp3) is 0.0476. The van der Waals surface area contributed by atoms with Crippen LogP contribution in [-0.4, -0.2) is 56.3 Å². The van der Waals surface area contributed by atoms with E-state index in [9.17, 15) is 44.0 Å². The van der Waals surface area contributed by atoms with E-state index in [4.69, 9.17) is 11.0 Å². The number of phenolic OH excluding ortho intramolecular Hbond substituents is 1. The number of azo groups is 2. The zero-order chi connectivity index (χ0) is 31.9. The summed E-state index contributed by atoms with van der Waals surface area (Å²) in [6.45, 7) is 0. The first-order valence-corrected chi connectivity index (χ1v) is 16.0. The third-order valence-corrected chi connectivity index (χ3v) is 9.03. The molecule has 0 atom stereocenters. The smallest absolute Gasteiger partial charge is 0.297 e. The van der Waals surface area contributed by atoms with Gasteiger partial charge in [-0.2, -0.15) is 35.5 Å². The van der Waals surface area contributed by atoms with Gasteiger partial charge >= 0.3 is 0 Å². The highest BCUT2D eigenvalue weighted by Crippen LogP contribution is 2.49. The van der Waals surface area contributed by atoms with E-state index in [1.807, 2.05) is 0 Å². The molecule has 7 N–H and O–H groups in total. The number of phenols is 1. The molecular weight excluding hydrogens is 659 g/mol. The summed E-state index contributed by atoms with van der Waals surface area (Å²) in [5.41, 5.74) is 3.97. The van der Waals surface area contributed by atoms with Crippen LogP contribution in [0.5, 0.6) is 5.75 Å². The van der Waals surface area contributed by atoms with Gasteiger partial charge in [0.15, 0.2) is 5.75 Å². The van der Waals surface area contributed by atoms with Crippen LogP contribution in [0.4, 0.5) is 22.7 Å². The zero-order valence-corrected chi connectivity index (χ0v) is 24.3. The second-order valence-corrected chi connectivity index (χ2v) is 13.1. The molecule has 22 heteroatoms. The number of hydrogen-bond donors (Lipinski definition) is 6. The predicted molar refractivity (Wildman–Crippen MR) is 149 cm³/mol. The van der Waals surface area contributed by atoms with Gasteiger partial charge < -0.3 is 10.8 Å². The monoisotopic (exact) mass is 675 g/mol. The van der Waals surface area contributed by atoms with E-state index in [1.54, 1.807) is 0 Å². The summed E-state index contributed by atoms with van der Waals surface area (Å²) in [6.07, 6.45) is 0. The van der Waals surface area contributed by atoms with Crippen molar-refractivity contribution in [3.8, 4) is 5.75 Å². The summed E-state index contributed by atoms with van der Waals surface area (Å²) in [7, 11) is -13.7. The zero-order valence-electron chi connectivity index (χ0n) is 21.0. The number of hydrogen-bond acceptors (Lipinski definition) is 16. The van der Waals surface area contributed by atoms with Crippen molar-refractivity contribution in [1.29, 1.82) is 0 Å². The highest BCUT2D eigenvalue weighted by molar-refractivity contribution is 7.94. The highest BCUT2D eigenvalue weighted by atomic mass is 32.2. The van der Waals surface area contributed by atoms with Gasteiger partial charge in [0.25, 0.3) is 30.4 Å². The van der Waals surface area contributed by atoms with Gasteiger partial charge in [-0.05, 0) is 29.7 Å². The quantitative estimate of drug-likeness (QED) is 0.0353. The Bertz CT molecular complexity index is 2190. The van der Waals surface area contributed by atoms with Crippen molar-refractivity contribution in [2.45, 2.75) is 19.6 Å². The van der Waals surface area contributed by atoms with Crippen LogP contribution in [0, 0.1) is 0 Å². The Hall–Kier alpha value is -3.84. The molecule has 0 radical (unpaired) electrons. The minimum absolute atomic E-state index is 0.122. The molecule has 0 unspecified atom stereocenters. The van der Waals surface area contributed by atoms with Gasteiger partial charge in [0.1, 0.15) is 31.7 Å². The number of nitrogen functional groups attached to an aromatic ring is 1. The van der Waals surface area contributed by atoms with Crippen LogP contribution in [0.25, 0.3) is 21.5 Å². The van der Waals surface area contributed by atoms with E-state index in [0.29, 0.717) is 0 Å². The van der Waals surface area contributed by atoms with Gasteiger partial charge in [-0.25, -0.2) is 5.26 Å². The summed E-state index contributed by atoms with van der Waals surface area (Å²) < 4.78 is 106. The van der Waals surface area contributed by atoms with E-state index in [1.165, 1.54) is 7.05 Å². The maximum absolute atomic E-state index is 12.4. The number of aromatic hydroxyl groups is 1. The largest absolute Gasteiger partial charge is 0.505 e. The van der Waals surface area contributed by atoms with Gasteiger partial charge in [-0.1, -0.05) is 23.2 Å². The molecule has 18 nitrogen and oxygen atoms in total. The maximum atomic E-state index is 12.4. The standard InChI is InChI=1S/C21H17N5O13S4/c1-23-25-19-15(42(32,33)34)8-9-7-13(40-39-38-28)18(20(27)16(9)17(19)22)26-24-12-6-5-10-11(21(12)43(35,36)37)3-2-4-14(10)41(29,30)31/h2-8,27-28H,22H2,1H3,(H,29,30,31)(H,32,33,34)(H,35,36,37). The lowest BCUT2D eigenvalue weighted by Gasteiger charge is -2.14. The number of nitrogens with two attached hydrogens (primary N) is 1. The Labute approximate surface area is 245 Å². The number of rotatable bonds is 9. The number of benzene rings is 4. The second kappa shape index (κ2) is 11.7. The van der Waals surface area contributed by atoms with Crippen LogP contribution in [0.15, 0.2) is 82.5 Å². The average Bonchev–Trinajstić information content (AvgIpc) is 2.90. The second-order valence-electron chi connectivity index (χ2n) is 8.22. The molecule has 0 spiro atoms. The van der Waals surface area contributed by atoms with Crippen LogP contribution in [0.1, 0.15) is 0 Å². The van der Waals surface area contributed by atoms with Crippen molar-refractivity contribution in [2.24, 2.45) is 20.5 Å². The van der Waals surface area contributed by atoms with Crippen LogP contribution in [0.3, 0.4) is 0 Å². The molecular formula is C21H17N5O13S4. The molecule has 0 heterocycles. The Morgan fingerprint density at radius 2 is 1.49 bits per heavy atom. The lowest BCUT2D eigenvalue weighted by Crippen LogP contribution is -2.03. The third-order valence-electron chi connectivity index (χ3n) is 5.69. The molecule has 4 aromatic carbocycles. The molecule has 0 saturated heterocycles. The molecule has 43 heavy (non-hydrogen) atoms. The van der Waals surface area contributed by atoms with Crippen molar-refractivity contribution in [3.63, 3.8) is 0 Å². The molecule has 0 aromatic heterocycles. The van der Waals surface area contributed by atoms with Crippen molar-refractivity contribution < 1.29 is 58.6 Å².